The normalized spacial score (nSPS) is 14.8. The van der Waals surface area contributed by atoms with Crippen LogP contribution in [0.5, 0.6) is 0 Å². The van der Waals surface area contributed by atoms with E-state index in [9.17, 15) is 9.18 Å². The summed E-state index contributed by atoms with van der Waals surface area (Å²) in [5.41, 5.74) is 6.32. The monoisotopic (exact) mass is 373 g/mol. The topological polar surface area (TPSA) is 81.2 Å². The van der Waals surface area contributed by atoms with Crippen molar-refractivity contribution in [1.82, 2.24) is 10.5 Å². The van der Waals surface area contributed by atoms with E-state index in [4.69, 9.17) is 21.9 Å². The Kier molecular flexibility index (Phi) is 5.85. The zero-order chi connectivity index (χ0) is 16.6. The van der Waals surface area contributed by atoms with Crippen molar-refractivity contribution in [3.8, 4) is 11.3 Å². The van der Waals surface area contributed by atoms with Gasteiger partial charge in [0.15, 0.2) is 0 Å². The quantitative estimate of drug-likeness (QED) is 0.841. The van der Waals surface area contributed by atoms with Gasteiger partial charge in [-0.15, -0.1) is 12.4 Å². The number of benzene rings is 1. The van der Waals surface area contributed by atoms with Crippen LogP contribution in [0, 0.1) is 18.7 Å². The van der Waals surface area contributed by atoms with Crippen LogP contribution in [0.2, 0.25) is 5.02 Å². The number of aryl methyl sites for hydroxylation is 1. The fourth-order valence-electron chi connectivity index (χ4n) is 2.52. The van der Waals surface area contributed by atoms with Gasteiger partial charge in [0.1, 0.15) is 22.8 Å². The molecule has 1 unspecified atom stereocenters. The second-order valence-corrected chi connectivity index (χ2v) is 6.18. The Bertz CT molecular complexity index is 727. The number of amides is 1. The van der Waals surface area contributed by atoms with E-state index in [1.165, 1.54) is 18.2 Å². The van der Waals surface area contributed by atoms with Gasteiger partial charge in [-0.1, -0.05) is 22.8 Å². The molecule has 1 aromatic heterocycles. The summed E-state index contributed by atoms with van der Waals surface area (Å²) in [4.78, 5) is 12.5. The van der Waals surface area contributed by atoms with Gasteiger partial charge in [-0.3, -0.25) is 4.79 Å². The minimum atomic E-state index is -0.561. The Morgan fingerprint density at radius 3 is 2.88 bits per heavy atom. The molecule has 0 bridgehead atoms. The van der Waals surface area contributed by atoms with Crippen molar-refractivity contribution in [3.63, 3.8) is 0 Å². The number of nitrogens with two attached hydrogens (primary N) is 1. The van der Waals surface area contributed by atoms with Gasteiger partial charge in [-0.2, -0.15) is 0 Å². The Morgan fingerprint density at radius 2 is 2.25 bits per heavy atom. The summed E-state index contributed by atoms with van der Waals surface area (Å²) < 4.78 is 19.2. The van der Waals surface area contributed by atoms with Gasteiger partial charge in [0.25, 0.3) is 5.91 Å². The Labute approximate surface area is 150 Å². The van der Waals surface area contributed by atoms with Crippen molar-refractivity contribution in [3.05, 3.63) is 40.4 Å². The second-order valence-electron chi connectivity index (χ2n) is 5.77. The van der Waals surface area contributed by atoms with Gasteiger partial charge < -0.3 is 15.6 Å². The van der Waals surface area contributed by atoms with Crippen LogP contribution in [0.3, 0.4) is 0 Å². The SMILES string of the molecule is Cc1onc(-c2c(F)cccc2Cl)c1C(=O)NCC(N)C1CC1.Cl. The molecule has 1 saturated carbocycles. The molecular formula is C16H18Cl2FN3O2. The number of nitrogens with one attached hydrogen (secondary N) is 1. The lowest BCUT2D eigenvalue weighted by Crippen LogP contribution is -2.38. The van der Waals surface area contributed by atoms with Crippen LogP contribution in [-0.2, 0) is 0 Å². The van der Waals surface area contributed by atoms with E-state index in [1.807, 2.05) is 0 Å². The molecule has 1 aliphatic carbocycles. The van der Waals surface area contributed by atoms with Crippen molar-refractivity contribution >= 4 is 29.9 Å². The maximum atomic E-state index is 14.1. The summed E-state index contributed by atoms with van der Waals surface area (Å²) in [7, 11) is 0. The highest BCUT2D eigenvalue weighted by Gasteiger charge is 2.30. The molecule has 0 radical (unpaired) electrons. The fraction of sp³-hybridized carbons (Fsp3) is 0.375. The maximum absolute atomic E-state index is 14.1. The highest BCUT2D eigenvalue weighted by molar-refractivity contribution is 6.33. The number of halogens is 3. The predicted octanol–water partition coefficient (Wildman–Crippen LogP) is 3.33. The van der Waals surface area contributed by atoms with Gasteiger partial charge >= 0.3 is 0 Å². The Hall–Kier alpha value is -1.63. The Balaban J connectivity index is 0.00000208. The van der Waals surface area contributed by atoms with Crippen molar-refractivity contribution in [2.24, 2.45) is 11.7 Å². The van der Waals surface area contributed by atoms with Crippen LogP contribution >= 0.6 is 24.0 Å². The van der Waals surface area contributed by atoms with Crippen LogP contribution in [0.15, 0.2) is 22.7 Å². The highest BCUT2D eigenvalue weighted by atomic mass is 35.5. The summed E-state index contributed by atoms with van der Waals surface area (Å²) in [6.45, 7) is 1.96. The number of carbonyl (C=O) groups is 1. The first-order chi connectivity index (χ1) is 11.0. The highest BCUT2D eigenvalue weighted by Crippen LogP contribution is 2.34. The van der Waals surface area contributed by atoms with E-state index in [-0.39, 0.29) is 40.3 Å². The zero-order valence-electron chi connectivity index (χ0n) is 13.0. The predicted molar refractivity (Wildman–Crippen MR) is 91.9 cm³/mol. The van der Waals surface area contributed by atoms with Gasteiger partial charge in [0, 0.05) is 12.6 Å². The summed E-state index contributed by atoms with van der Waals surface area (Å²) in [6.07, 6.45) is 2.19. The average Bonchev–Trinajstić information content (AvgIpc) is 3.29. The van der Waals surface area contributed by atoms with E-state index in [1.54, 1.807) is 6.92 Å². The molecule has 3 rings (SSSR count). The van der Waals surface area contributed by atoms with Gasteiger partial charge in [0.05, 0.1) is 10.6 Å². The van der Waals surface area contributed by atoms with E-state index in [0.717, 1.165) is 12.8 Å². The molecule has 1 aliphatic rings. The standard InChI is InChI=1S/C16H17ClFN3O2.ClH/c1-8-13(16(22)20-7-12(19)9-5-6-9)15(21-23-8)14-10(17)3-2-4-11(14)18;/h2-4,9,12H,5-7,19H2,1H3,(H,20,22);1H. The molecule has 1 amide bonds. The molecule has 1 heterocycles. The molecule has 8 heteroatoms. The molecule has 0 aliphatic heterocycles. The third kappa shape index (κ3) is 3.71. The minimum Gasteiger partial charge on any atom is -0.360 e. The first-order valence-corrected chi connectivity index (χ1v) is 7.81. The Morgan fingerprint density at radius 1 is 1.54 bits per heavy atom. The van der Waals surface area contributed by atoms with E-state index in [2.05, 4.69) is 10.5 Å². The number of rotatable bonds is 5. The summed E-state index contributed by atoms with van der Waals surface area (Å²) in [6, 6.07) is 4.22. The van der Waals surface area contributed by atoms with Crippen molar-refractivity contribution in [1.29, 1.82) is 0 Å². The third-order valence-electron chi connectivity index (χ3n) is 4.02. The smallest absolute Gasteiger partial charge is 0.257 e. The van der Waals surface area contributed by atoms with E-state index in [0.29, 0.717) is 18.2 Å². The molecule has 3 N–H and O–H groups in total. The molecule has 130 valence electrons. The molecule has 1 atom stereocenters. The molecule has 0 spiro atoms. The summed E-state index contributed by atoms with van der Waals surface area (Å²) in [5, 5.41) is 6.75. The average molecular weight is 374 g/mol. The lowest BCUT2D eigenvalue weighted by atomic mass is 10.0. The van der Waals surface area contributed by atoms with Gasteiger partial charge in [0.2, 0.25) is 0 Å². The molecule has 1 fully saturated rings. The summed E-state index contributed by atoms with van der Waals surface area (Å²) in [5.74, 6) is -0.181. The van der Waals surface area contributed by atoms with Crippen LogP contribution in [0.4, 0.5) is 4.39 Å². The maximum Gasteiger partial charge on any atom is 0.257 e. The van der Waals surface area contributed by atoms with E-state index < -0.39 is 11.7 Å². The van der Waals surface area contributed by atoms with Crippen molar-refractivity contribution in [2.75, 3.05) is 6.54 Å². The lowest BCUT2D eigenvalue weighted by Gasteiger charge is -2.12. The summed E-state index contributed by atoms with van der Waals surface area (Å²) >= 11 is 6.05. The number of nitrogens with zero attached hydrogens (tertiary/aromatic N) is 1. The molecule has 24 heavy (non-hydrogen) atoms. The fourth-order valence-corrected chi connectivity index (χ4v) is 2.78. The third-order valence-corrected chi connectivity index (χ3v) is 4.33. The lowest BCUT2D eigenvalue weighted by molar-refractivity contribution is 0.0949. The van der Waals surface area contributed by atoms with Crippen LogP contribution in [0.1, 0.15) is 29.0 Å². The van der Waals surface area contributed by atoms with Crippen molar-refractivity contribution in [2.45, 2.75) is 25.8 Å². The number of hydrogen-bond donors (Lipinski definition) is 2. The van der Waals surface area contributed by atoms with Crippen molar-refractivity contribution < 1.29 is 13.7 Å². The largest absolute Gasteiger partial charge is 0.360 e. The van der Waals surface area contributed by atoms with Gasteiger partial charge in [-0.25, -0.2) is 4.39 Å². The molecule has 1 aromatic carbocycles. The van der Waals surface area contributed by atoms with Crippen LogP contribution in [-0.4, -0.2) is 23.7 Å². The minimum absolute atomic E-state index is 0. The zero-order valence-corrected chi connectivity index (χ0v) is 14.6. The first-order valence-electron chi connectivity index (χ1n) is 7.43. The number of carbonyl (C=O) groups excluding carboxylic acids is 1. The molecular weight excluding hydrogens is 356 g/mol. The molecule has 5 nitrogen and oxygen atoms in total. The number of aromatic nitrogens is 1. The molecule has 2 aromatic rings. The van der Waals surface area contributed by atoms with Gasteiger partial charge in [-0.05, 0) is 37.8 Å². The number of hydrogen-bond acceptors (Lipinski definition) is 4. The first kappa shape index (κ1) is 18.7. The second kappa shape index (κ2) is 7.51. The van der Waals surface area contributed by atoms with Crippen LogP contribution in [0.25, 0.3) is 11.3 Å². The van der Waals surface area contributed by atoms with Crippen LogP contribution < -0.4 is 11.1 Å². The van der Waals surface area contributed by atoms with E-state index >= 15 is 0 Å². The molecule has 0 saturated heterocycles.